The van der Waals surface area contributed by atoms with Gasteiger partial charge in [-0.2, -0.15) is 56.9 Å². The number of aromatic amines is 2. The highest BCUT2D eigenvalue weighted by atomic mass is 32.1. The van der Waals surface area contributed by atoms with E-state index in [-0.39, 0.29) is 94.6 Å². The summed E-state index contributed by atoms with van der Waals surface area (Å²) in [4.78, 5) is 103. The van der Waals surface area contributed by atoms with E-state index in [1.165, 1.54) is 90.7 Å². The molecule has 0 saturated carbocycles. The fourth-order valence-corrected chi connectivity index (χ4v) is 21.0. The number of nitrogens with one attached hydrogen (secondary N) is 2. The second-order valence-electron chi connectivity index (χ2n) is 38.0. The highest BCUT2D eigenvalue weighted by Gasteiger charge is 2.44. The Kier molecular flexibility index (Phi) is 31.9. The maximum Gasteiger partial charge on any atom is 0.318 e. The molecule has 14 heterocycles. The molecule has 135 heavy (non-hydrogen) atoms. The number of carbonyl (C=O) groups excluding carboxylic acids is 3. The van der Waals surface area contributed by atoms with Gasteiger partial charge in [-0.3, -0.25) is 29.1 Å². The molecule has 724 valence electrons. The number of likely N-dealkylation sites (tertiary alicyclic amines) is 3. The zero-order valence-corrected chi connectivity index (χ0v) is 81.9. The third kappa shape index (κ3) is 22.6. The number of H-pyrrole nitrogens is 2. The normalized spacial score (nSPS) is 22.8. The Morgan fingerprint density at radius 1 is 0.511 bits per heavy atom. The minimum absolute atomic E-state index is 0. The number of alkyl halides is 4. The van der Waals surface area contributed by atoms with Crippen molar-refractivity contribution < 1.29 is 56.0 Å². The number of aliphatic hydroxyl groups is 1. The summed E-state index contributed by atoms with van der Waals surface area (Å²) in [6, 6.07) is 21.8. The van der Waals surface area contributed by atoms with E-state index in [1.807, 2.05) is 53.1 Å². The average Bonchev–Trinajstić information content (AvgIpc) is 1.77. The van der Waals surface area contributed by atoms with Crippen LogP contribution in [-0.4, -0.2) is 319 Å². The lowest BCUT2D eigenvalue weighted by Crippen LogP contribution is -2.56. The van der Waals surface area contributed by atoms with E-state index in [9.17, 15) is 31.9 Å². The molecular weight excluding hydrogens is 1760 g/mol. The quantitative estimate of drug-likeness (QED) is 0.0305. The number of anilines is 6. The van der Waals surface area contributed by atoms with Gasteiger partial charge in [-0.25, -0.2) is 24.1 Å². The number of carbonyl (C=O) groups is 3. The van der Waals surface area contributed by atoms with Crippen molar-refractivity contribution in [3.8, 4) is 18.0 Å². The van der Waals surface area contributed by atoms with Gasteiger partial charge in [0.1, 0.15) is 67.0 Å². The molecule has 9 aliphatic rings. The van der Waals surface area contributed by atoms with Crippen molar-refractivity contribution in [3.05, 3.63) is 183 Å². The first-order chi connectivity index (χ1) is 63.9. The van der Waals surface area contributed by atoms with Crippen LogP contribution < -0.4 is 43.6 Å². The number of aromatic nitrogens is 8. The van der Waals surface area contributed by atoms with Gasteiger partial charge in [0.15, 0.2) is 0 Å². The van der Waals surface area contributed by atoms with Crippen LogP contribution in [0.1, 0.15) is 102 Å². The zero-order valence-electron chi connectivity index (χ0n) is 79.9. The van der Waals surface area contributed by atoms with E-state index in [1.54, 1.807) is 49.8 Å². The molecule has 3 N–H and O–H groups in total. The molecule has 29 nitrogen and oxygen atoms in total. The number of hydrogen-bond donors (Lipinski definition) is 3. The van der Waals surface area contributed by atoms with Crippen molar-refractivity contribution in [2.45, 2.75) is 155 Å². The van der Waals surface area contributed by atoms with Crippen molar-refractivity contribution >= 4 is 112 Å². The minimum atomic E-state index is -1.26. The number of nitrogens with zero attached hydrogens (tertiary/aromatic N) is 19. The van der Waals surface area contributed by atoms with Gasteiger partial charge >= 0.3 is 18.0 Å². The Morgan fingerprint density at radius 2 is 0.926 bits per heavy atom. The first kappa shape index (κ1) is 100.0. The van der Waals surface area contributed by atoms with Gasteiger partial charge in [0.2, 0.25) is 24.3 Å². The van der Waals surface area contributed by atoms with Crippen molar-refractivity contribution in [3.63, 3.8) is 0 Å². The summed E-state index contributed by atoms with van der Waals surface area (Å²) >= 11 is 0. The van der Waals surface area contributed by atoms with E-state index in [4.69, 9.17) is 60.5 Å². The molecule has 35 heteroatoms. The van der Waals surface area contributed by atoms with Crippen LogP contribution in [0.25, 0.3) is 37.4 Å². The molecule has 6 saturated heterocycles. The number of rotatable bonds is 23. The van der Waals surface area contributed by atoms with Gasteiger partial charge in [-0.05, 0) is 165 Å². The Morgan fingerprint density at radius 3 is 1.35 bits per heavy atom. The largest absolute Gasteiger partial charge is 0.462 e. The molecule has 0 radical (unpaired) electrons. The fraction of sp³-hybridized carbons (Fsp3) is 0.520. The van der Waals surface area contributed by atoms with Gasteiger partial charge in [-0.1, -0.05) is 42.5 Å². The van der Waals surface area contributed by atoms with E-state index in [0.29, 0.717) is 162 Å². The molecule has 9 aromatic rings. The number of halogens is 4. The third-order valence-corrected chi connectivity index (χ3v) is 28.0. The summed E-state index contributed by atoms with van der Waals surface area (Å²) in [5, 5.41) is 14.0. The van der Waals surface area contributed by atoms with E-state index < -0.39 is 23.7 Å². The Labute approximate surface area is 803 Å². The minimum Gasteiger partial charge on any atom is -0.462 e. The van der Waals surface area contributed by atoms with E-state index in [2.05, 4.69) is 139 Å². The molecule has 4 aromatic carbocycles. The van der Waals surface area contributed by atoms with Crippen LogP contribution in [-0.2, 0) is 58.0 Å². The molecule has 3 unspecified atom stereocenters. The van der Waals surface area contributed by atoms with E-state index >= 15 is 0 Å². The Balaban J connectivity index is 0.000000161. The molecule has 18 rings (SSSR count). The lowest BCUT2D eigenvalue weighted by molar-refractivity contribution is -0.128. The van der Waals surface area contributed by atoms with Crippen molar-refractivity contribution in [1.29, 1.82) is 0 Å². The first-order valence-electron chi connectivity index (χ1n) is 46.7. The molecular formula is C100H131F4N21O8S2. The summed E-state index contributed by atoms with van der Waals surface area (Å²) in [6.07, 6.45) is 16.2. The number of fused-ring (bicyclic) bond motifs is 6. The zero-order chi connectivity index (χ0) is 93.7. The van der Waals surface area contributed by atoms with Crippen LogP contribution in [0.4, 0.5) is 52.1 Å². The van der Waals surface area contributed by atoms with E-state index in [0.717, 1.165) is 101 Å². The van der Waals surface area contributed by atoms with Crippen molar-refractivity contribution in [2.24, 2.45) is 0 Å². The number of aryl methyl sites for hydroxylation is 3. The summed E-state index contributed by atoms with van der Waals surface area (Å²) in [7, 11) is 7.38. The number of aliphatic hydroxyl groups excluding tert-OH is 1. The highest BCUT2D eigenvalue weighted by Crippen LogP contribution is 2.43. The summed E-state index contributed by atoms with van der Waals surface area (Å²) in [5.41, 5.74) is 14.4. The van der Waals surface area contributed by atoms with Crippen LogP contribution in [0, 0.1) is 41.2 Å². The number of amides is 3. The topological polar surface area (TPSA) is 261 Å². The van der Waals surface area contributed by atoms with Gasteiger partial charge in [0.25, 0.3) is 0 Å². The standard InChI is InChI=1S/C35H42FN7O3.C33H44FN7O3.C32H41F2N7O2.2H2S/c1-24-8-5-9-25-10-6-11-30(32(24)25)41-14-13-28-29(21-41)38-34(46-22-26-18-35(2,36)23-40(26)4)39-33(28)42-15-16-43(27(20-42)19-37-3)31(45)12-7-17-44;1-22-17-27-25(8-10-35-27)30(23(22)2)41-11-9-26-28(19-41)36-32(44-20-24-18-33(3,34)21-38(24)4)37-31(26)40-14-12-39(13-15-40)29(42)7-6-16-43-5;1-21-16-26-24(7-10-35-26)29(22(21)2)41-11-8-25-27(18-41)36-31(43-19-23-17-32(3,34)20-38(23)4)37-30(25)40-14-12-39(13-15-40)28(42)6-5-9-33;;/h5-12,26-27,44H,13-23H2,1-2,4H3;6-8,10,17,24,35H,9,11-16,18-21H2,1-5H3;5-7,10,16,23,35H,8-9,11-15,17-20H2,1-4H3;2*1H2/b12-7+;7-6+;6-5+;;/t26-,27-,35?;24-,33?;23-,32?;;/m000../s1. The summed E-state index contributed by atoms with van der Waals surface area (Å²) in [6.45, 7) is 35.5. The van der Waals surface area contributed by atoms with Crippen LogP contribution in [0.15, 0.2) is 110 Å². The van der Waals surface area contributed by atoms with Crippen LogP contribution in [0.2, 0.25) is 0 Å². The lowest BCUT2D eigenvalue weighted by atomic mass is 9.99. The smallest absolute Gasteiger partial charge is 0.318 e. The van der Waals surface area contributed by atoms with Crippen LogP contribution in [0.3, 0.4) is 0 Å². The molecule has 6 fully saturated rings. The second kappa shape index (κ2) is 43.1. The SMILES string of the molecule is COC/C=C/C(=O)N1CCN(c2nc(OC[C@@H]3CC(C)(F)CN3C)nc3c2CCN(c2c(C)c(C)cc4[nH]ccc24)C3)CC1.Cc1cc2[nH]ccc2c(N2CCc3c(nc(OC[C@@H]4CC(C)(F)CN4C)nc3N3CCN(C(=O)/C=C/CF)CC3)C2)c1C.S.S.[C-]#[N+]C[C@H]1CN(c2nc(OC[C@@H]3CC(C)(F)CN3C)nc3c2CCN(c2cccc4cccc(C)c24)C3)CCN1C(=O)/C=C/CO. The highest BCUT2D eigenvalue weighted by molar-refractivity contribution is 7.59. The molecule has 0 bridgehead atoms. The number of benzene rings is 4. The maximum atomic E-state index is 14.8. The molecule has 3 amide bonds. The molecule has 9 aliphatic heterocycles. The van der Waals surface area contributed by atoms with Crippen LogP contribution >= 0.6 is 27.0 Å². The Bertz CT molecular complexity index is 5870. The number of ether oxygens (including phenoxy) is 4. The monoisotopic (exact) mass is 1890 g/mol. The number of methoxy groups -OCH3 is 1. The second-order valence-corrected chi connectivity index (χ2v) is 38.0. The molecule has 7 atom stereocenters. The maximum absolute atomic E-state index is 14.8. The summed E-state index contributed by atoms with van der Waals surface area (Å²) in [5.74, 6) is 2.11. The lowest BCUT2D eigenvalue weighted by Gasteiger charge is -2.41. The average molecular weight is 1900 g/mol. The molecule has 0 spiro atoms. The van der Waals surface area contributed by atoms with Gasteiger partial charge in [0.05, 0.1) is 49.9 Å². The predicted molar refractivity (Wildman–Crippen MR) is 533 cm³/mol. The third-order valence-electron chi connectivity index (χ3n) is 28.0. The summed E-state index contributed by atoms with van der Waals surface area (Å²) < 4.78 is 80.4. The predicted octanol–water partition coefficient (Wildman–Crippen LogP) is 11.9. The van der Waals surface area contributed by atoms with Gasteiger partial charge < -0.3 is 83.0 Å². The molecule has 5 aromatic heterocycles. The number of allylic oxidation sites excluding steroid dienone is 1. The molecule has 0 aliphatic carbocycles. The number of hydrogen-bond acceptors (Lipinski definition) is 23. The number of piperazine rings is 3. The van der Waals surface area contributed by atoms with Crippen LogP contribution in [0.5, 0.6) is 18.0 Å². The fourth-order valence-electron chi connectivity index (χ4n) is 21.0. The van der Waals surface area contributed by atoms with Gasteiger partial charge in [0, 0.05) is 247 Å². The van der Waals surface area contributed by atoms with Gasteiger partial charge in [-0.15, -0.1) is 0 Å². The first-order valence-corrected chi connectivity index (χ1v) is 46.7. The van der Waals surface area contributed by atoms with Crippen molar-refractivity contribution in [2.75, 3.05) is 215 Å². The van der Waals surface area contributed by atoms with Crippen molar-refractivity contribution in [1.82, 2.24) is 69.3 Å². The number of likely N-dealkylation sites (N-methyl/N-ethyl adjacent to an activating group) is 3. The Hall–Kier alpha value is -11.0.